The smallest absolute Gasteiger partial charge is 0.410 e. The Labute approximate surface area is 191 Å². The molecule has 0 unspecified atom stereocenters. The van der Waals surface area contributed by atoms with Crippen LogP contribution in [0.5, 0.6) is 0 Å². The standard InChI is InChI=1S/C24H26N4O5/c1-32-28(20-9-13-25-19-8-5-12-26-21(19)20)22(30)24(17-29)10-14-27(15-11-24)23(31)33-16-18-6-3-2-4-7-18/h2-9,12-13,29H,10-11,14-17H2,1H3. The number of rotatable bonds is 6. The van der Waals surface area contributed by atoms with Crippen LogP contribution in [0.3, 0.4) is 0 Å². The lowest BCUT2D eigenvalue weighted by Crippen LogP contribution is -2.53. The number of hydrogen-bond acceptors (Lipinski definition) is 7. The summed E-state index contributed by atoms with van der Waals surface area (Å²) < 4.78 is 5.41. The summed E-state index contributed by atoms with van der Waals surface area (Å²) in [5.41, 5.74) is 1.41. The van der Waals surface area contributed by atoms with E-state index >= 15 is 0 Å². The third-order valence-corrected chi connectivity index (χ3v) is 6.00. The Balaban J connectivity index is 1.46. The second-order valence-electron chi connectivity index (χ2n) is 7.95. The van der Waals surface area contributed by atoms with Crippen molar-refractivity contribution < 1.29 is 24.3 Å². The molecule has 1 aromatic carbocycles. The van der Waals surface area contributed by atoms with E-state index in [1.54, 1.807) is 35.5 Å². The van der Waals surface area contributed by atoms with Crippen molar-refractivity contribution in [2.75, 3.05) is 31.9 Å². The molecule has 1 aliphatic rings. The molecular formula is C24H26N4O5. The van der Waals surface area contributed by atoms with Gasteiger partial charge in [0.15, 0.2) is 0 Å². The highest BCUT2D eigenvalue weighted by Crippen LogP contribution is 2.36. The van der Waals surface area contributed by atoms with Crippen molar-refractivity contribution in [2.45, 2.75) is 19.4 Å². The molecule has 4 rings (SSSR count). The maximum atomic E-state index is 13.6. The highest BCUT2D eigenvalue weighted by molar-refractivity contribution is 6.02. The second kappa shape index (κ2) is 9.93. The molecule has 172 valence electrons. The number of ether oxygens (including phenoxy) is 1. The van der Waals surface area contributed by atoms with E-state index in [0.29, 0.717) is 16.7 Å². The van der Waals surface area contributed by atoms with Crippen molar-refractivity contribution in [3.8, 4) is 0 Å². The number of pyridine rings is 2. The number of hydrogen-bond donors (Lipinski definition) is 1. The fourth-order valence-corrected chi connectivity index (χ4v) is 4.00. The number of aliphatic hydroxyl groups excluding tert-OH is 1. The van der Waals surface area contributed by atoms with E-state index < -0.39 is 11.5 Å². The van der Waals surface area contributed by atoms with Crippen LogP contribution in [0.1, 0.15) is 18.4 Å². The summed E-state index contributed by atoms with van der Waals surface area (Å²) in [7, 11) is 1.40. The van der Waals surface area contributed by atoms with E-state index in [0.717, 1.165) is 10.6 Å². The molecule has 1 saturated heterocycles. The van der Waals surface area contributed by atoms with Gasteiger partial charge < -0.3 is 14.7 Å². The summed E-state index contributed by atoms with van der Waals surface area (Å²) >= 11 is 0. The van der Waals surface area contributed by atoms with Gasteiger partial charge in [-0.3, -0.25) is 19.6 Å². The Bertz CT molecular complexity index is 1110. The summed E-state index contributed by atoms with van der Waals surface area (Å²) in [5, 5.41) is 11.4. The molecule has 0 radical (unpaired) electrons. The molecule has 9 heteroatoms. The van der Waals surface area contributed by atoms with Gasteiger partial charge in [-0.1, -0.05) is 30.3 Å². The Morgan fingerprint density at radius 2 is 1.82 bits per heavy atom. The first-order valence-corrected chi connectivity index (χ1v) is 10.7. The van der Waals surface area contributed by atoms with Gasteiger partial charge in [0.2, 0.25) is 0 Å². The van der Waals surface area contributed by atoms with Crippen LogP contribution in [-0.4, -0.2) is 58.8 Å². The molecular weight excluding hydrogens is 424 g/mol. The van der Waals surface area contributed by atoms with E-state index in [1.807, 2.05) is 30.3 Å². The predicted octanol–water partition coefficient (Wildman–Crippen LogP) is 2.94. The molecule has 9 nitrogen and oxygen atoms in total. The number of piperidine rings is 1. The first kappa shape index (κ1) is 22.6. The number of hydroxylamine groups is 1. The van der Waals surface area contributed by atoms with Gasteiger partial charge in [0.25, 0.3) is 5.91 Å². The summed E-state index contributed by atoms with van der Waals surface area (Å²) in [5.74, 6) is -0.386. The Morgan fingerprint density at radius 1 is 1.06 bits per heavy atom. The molecule has 2 amide bonds. The minimum atomic E-state index is -1.09. The number of anilines is 1. The number of carbonyl (C=O) groups excluding carboxylic acids is 2. The molecule has 2 aromatic heterocycles. The molecule has 0 saturated carbocycles. The average Bonchev–Trinajstić information content (AvgIpc) is 2.88. The van der Waals surface area contributed by atoms with E-state index in [2.05, 4.69) is 9.97 Å². The van der Waals surface area contributed by atoms with Crippen LogP contribution < -0.4 is 5.06 Å². The first-order valence-electron chi connectivity index (χ1n) is 10.7. The zero-order chi connectivity index (χ0) is 23.3. The van der Waals surface area contributed by atoms with Crippen molar-refractivity contribution in [3.05, 3.63) is 66.5 Å². The number of nitrogens with zero attached hydrogens (tertiary/aromatic N) is 4. The van der Waals surface area contributed by atoms with Gasteiger partial charge in [-0.05, 0) is 36.6 Å². The lowest BCUT2D eigenvalue weighted by Gasteiger charge is -2.40. The largest absolute Gasteiger partial charge is 0.445 e. The molecule has 0 aliphatic carbocycles. The third-order valence-electron chi connectivity index (χ3n) is 6.00. The minimum absolute atomic E-state index is 0.180. The van der Waals surface area contributed by atoms with E-state index in [-0.39, 0.29) is 45.1 Å². The van der Waals surface area contributed by atoms with E-state index in [9.17, 15) is 14.7 Å². The molecule has 3 heterocycles. The van der Waals surface area contributed by atoms with Gasteiger partial charge >= 0.3 is 6.09 Å². The second-order valence-corrected chi connectivity index (χ2v) is 7.95. The minimum Gasteiger partial charge on any atom is -0.445 e. The summed E-state index contributed by atoms with van der Waals surface area (Å²) in [6.07, 6.45) is 3.31. The van der Waals surface area contributed by atoms with Crippen LogP contribution in [-0.2, 0) is 21.0 Å². The maximum Gasteiger partial charge on any atom is 0.410 e. The summed E-state index contributed by atoms with van der Waals surface area (Å²) in [4.78, 5) is 41.7. The Morgan fingerprint density at radius 3 is 2.52 bits per heavy atom. The zero-order valence-corrected chi connectivity index (χ0v) is 18.4. The number of aliphatic hydroxyl groups is 1. The molecule has 1 fully saturated rings. The van der Waals surface area contributed by atoms with Crippen LogP contribution in [0.2, 0.25) is 0 Å². The van der Waals surface area contributed by atoms with E-state index in [4.69, 9.17) is 9.57 Å². The van der Waals surface area contributed by atoms with Gasteiger partial charge in [-0.2, -0.15) is 5.06 Å². The van der Waals surface area contributed by atoms with Crippen molar-refractivity contribution in [1.82, 2.24) is 14.9 Å². The van der Waals surface area contributed by atoms with Crippen molar-refractivity contribution in [1.29, 1.82) is 0 Å². The fraction of sp³-hybridized carbons (Fsp3) is 0.333. The Kier molecular flexibility index (Phi) is 6.81. The number of likely N-dealkylation sites (tertiary alicyclic amines) is 1. The average molecular weight is 450 g/mol. The van der Waals surface area contributed by atoms with Gasteiger partial charge in [0, 0.05) is 25.5 Å². The first-order chi connectivity index (χ1) is 16.1. The highest BCUT2D eigenvalue weighted by Gasteiger charge is 2.45. The molecule has 1 aliphatic heterocycles. The van der Waals surface area contributed by atoms with Crippen LogP contribution in [0.15, 0.2) is 60.9 Å². The lowest BCUT2D eigenvalue weighted by molar-refractivity contribution is -0.140. The van der Waals surface area contributed by atoms with Gasteiger partial charge in [-0.25, -0.2) is 4.79 Å². The number of carbonyl (C=O) groups is 2. The summed E-state index contributed by atoms with van der Waals surface area (Å²) in [6, 6.07) is 14.6. The third kappa shape index (κ3) is 4.64. The molecule has 0 bridgehead atoms. The number of amides is 2. The topological polar surface area (TPSA) is 105 Å². The SMILES string of the molecule is CON(C(=O)C1(CO)CCN(C(=O)OCc2ccccc2)CC1)c1ccnc2cccnc12. The number of benzene rings is 1. The van der Waals surface area contributed by atoms with Crippen LogP contribution in [0.4, 0.5) is 10.5 Å². The van der Waals surface area contributed by atoms with Crippen LogP contribution in [0, 0.1) is 5.41 Å². The molecule has 0 atom stereocenters. The number of fused-ring (bicyclic) bond motifs is 1. The normalized spacial score (nSPS) is 15.3. The van der Waals surface area contributed by atoms with Gasteiger partial charge in [0.05, 0.1) is 24.6 Å². The summed E-state index contributed by atoms with van der Waals surface area (Å²) in [6.45, 7) is 0.383. The lowest BCUT2D eigenvalue weighted by atomic mass is 9.78. The zero-order valence-electron chi connectivity index (χ0n) is 18.4. The van der Waals surface area contributed by atoms with Crippen molar-refractivity contribution in [2.24, 2.45) is 5.41 Å². The van der Waals surface area contributed by atoms with Gasteiger partial charge in [0.1, 0.15) is 17.8 Å². The molecule has 33 heavy (non-hydrogen) atoms. The molecule has 3 aromatic rings. The Hall–Kier alpha value is -3.56. The van der Waals surface area contributed by atoms with Crippen molar-refractivity contribution >= 4 is 28.7 Å². The maximum absolute atomic E-state index is 13.6. The number of aromatic nitrogens is 2. The fourth-order valence-electron chi connectivity index (χ4n) is 4.00. The van der Waals surface area contributed by atoms with Crippen molar-refractivity contribution in [3.63, 3.8) is 0 Å². The van der Waals surface area contributed by atoms with Gasteiger partial charge in [-0.15, -0.1) is 0 Å². The molecule has 1 N–H and O–H groups in total. The monoisotopic (exact) mass is 450 g/mol. The quantitative estimate of drug-likeness (QED) is 0.576. The van der Waals surface area contributed by atoms with Crippen LogP contribution in [0.25, 0.3) is 11.0 Å². The van der Waals surface area contributed by atoms with E-state index in [1.165, 1.54) is 7.11 Å². The van der Waals surface area contributed by atoms with Crippen LogP contribution >= 0.6 is 0 Å². The molecule has 0 spiro atoms. The predicted molar refractivity (Wildman–Crippen MR) is 121 cm³/mol. The highest BCUT2D eigenvalue weighted by atomic mass is 16.7.